The molecule has 0 saturated carbocycles. The van der Waals surface area contributed by atoms with Gasteiger partial charge in [-0.05, 0) is 72.2 Å². The quantitative estimate of drug-likeness (QED) is 0.588. The number of rotatable bonds is 5. The SMILES string of the molecule is N#Cc1ccc(/C=C/C=C/C=C/C=C/c2cc3c4c(c2)CCCN4CCC3)cc1. The molecule has 0 bridgehead atoms. The van der Waals surface area contributed by atoms with Crippen LogP contribution in [-0.4, -0.2) is 13.1 Å². The van der Waals surface area contributed by atoms with Gasteiger partial charge in [-0.3, -0.25) is 0 Å². The Kier molecular flexibility index (Phi) is 6.07. The number of hydrogen-bond donors (Lipinski definition) is 0. The minimum atomic E-state index is 0.688. The summed E-state index contributed by atoms with van der Waals surface area (Å²) < 4.78 is 0. The third-order valence-electron chi connectivity index (χ3n) is 5.53. The number of aryl methyl sites for hydroxylation is 2. The van der Waals surface area contributed by atoms with Crippen molar-refractivity contribution < 1.29 is 0 Å². The fourth-order valence-electron chi connectivity index (χ4n) is 4.19. The molecule has 2 heteroatoms. The molecule has 4 rings (SSSR count). The Morgan fingerprint density at radius 2 is 1.28 bits per heavy atom. The second kappa shape index (κ2) is 9.26. The molecule has 2 aliphatic heterocycles. The van der Waals surface area contributed by atoms with Crippen molar-refractivity contribution in [3.8, 4) is 6.07 Å². The molecule has 0 aromatic heterocycles. The summed E-state index contributed by atoms with van der Waals surface area (Å²) in [5.41, 5.74) is 7.69. The van der Waals surface area contributed by atoms with Crippen LogP contribution < -0.4 is 4.90 Å². The molecule has 2 heterocycles. The van der Waals surface area contributed by atoms with E-state index >= 15 is 0 Å². The first-order valence-electron chi connectivity index (χ1n) is 10.4. The highest BCUT2D eigenvalue weighted by Crippen LogP contribution is 2.36. The Labute approximate surface area is 173 Å². The van der Waals surface area contributed by atoms with Crippen molar-refractivity contribution >= 4 is 17.8 Å². The van der Waals surface area contributed by atoms with Crippen LogP contribution in [0.1, 0.15) is 40.7 Å². The van der Waals surface area contributed by atoms with Gasteiger partial charge in [0.1, 0.15) is 0 Å². The highest BCUT2D eigenvalue weighted by atomic mass is 15.1. The van der Waals surface area contributed by atoms with Gasteiger partial charge in [0.15, 0.2) is 0 Å². The summed E-state index contributed by atoms with van der Waals surface area (Å²) in [6.45, 7) is 2.45. The fraction of sp³-hybridized carbons (Fsp3) is 0.222. The van der Waals surface area contributed by atoms with E-state index in [0.29, 0.717) is 5.56 Å². The molecule has 0 radical (unpaired) electrons. The molecule has 0 N–H and O–H groups in total. The molecule has 0 aliphatic carbocycles. The van der Waals surface area contributed by atoms with Gasteiger partial charge in [-0.1, -0.05) is 60.7 Å². The number of anilines is 1. The summed E-state index contributed by atoms with van der Waals surface area (Å²) in [4.78, 5) is 2.58. The van der Waals surface area contributed by atoms with Gasteiger partial charge in [-0.25, -0.2) is 0 Å². The van der Waals surface area contributed by atoms with E-state index in [-0.39, 0.29) is 0 Å². The molecule has 2 nitrogen and oxygen atoms in total. The minimum Gasteiger partial charge on any atom is -0.371 e. The van der Waals surface area contributed by atoms with E-state index in [0.717, 1.165) is 5.56 Å². The third-order valence-corrected chi connectivity index (χ3v) is 5.53. The van der Waals surface area contributed by atoms with Crippen LogP contribution in [0.2, 0.25) is 0 Å². The third kappa shape index (κ3) is 4.76. The molecule has 2 aliphatic rings. The molecular weight excluding hydrogens is 352 g/mol. The molecule has 0 atom stereocenters. The fourth-order valence-corrected chi connectivity index (χ4v) is 4.19. The van der Waals surface area contributed by atoms with Gasteiger partial charge in [0, 0.05) is 18.8 Å². The van der Waals surface area contributed by atoms with Crippen molar-refractivity contribution in [2.45, 2.75) is 25.7 Å². The minimum absolute atomic E-state index is 0.688. The van der Waals surface area contributed by atoms with Gasteiger partial charge in [-0.15, -0.1) is 0 Å². The van der Waals surface area contributed by atoms with Crippen molar-refractivity contribution in [1.29, 1.82) is 5.26 Å². The highest BCUT2D eigenvalue weighted by molar-refractivity contribution is 5.68. The summed E-state index contributed by atoms with van der Waals surface area (Å²) in [7, 11) is 0. The molecule has 0 amide bonds. The van der Waals surface area contributed by atoms with E-state index in [9.17, 15) is 0 Å². The molecule has 2 aromatic rings. The Morgan fingerprint density at radius 1 is 0.724 bits per heavy atom. The van der Waals surface area contributed by atoms with Gasteiger partial charge in [-0.2, -0.15) is 5.26 Å². The first kappa shape index (κ1) is 19.0. The lowest BCUT2D eigenvalue weighted by atomic mass is 9.90. The smallest absolute Gasteiger partial charge is 0.0991 e. The van der Waals surface area contributed by atoms with Crippen LogP contribution in [-0.2, 0) is 12.8 Å². The van der Waals surface area contributed by atoms with Gasteiger partial charge in [0.05, 0.1) is 11.6 Å². The lowest BCUT2D eigenvalue weighted by molar-refractivity contribution is 0.634. The first-order chi connectivity index (χ1) is 14.3. The van der Waals surface area contributed by atoms with E-state index in [1.165, 1.54) is 61.2 Å². The zero-order valence-electron chi connectivity index (χ0n) is 16.7. The maximum atomic E-state index is 8.82. The maximum Gasteiger partial charge on any atom is 0.0991 e. The number of allylic oxidation sites excluding steroid dienone is 6. The van der Waals surface area contributed by atoms with Crippen LogP contribution in [0, 0.1) is 11.3 Å². The molecule has 0 fully saturated rings. The molecule has 29 heavy (non-hydrogen) atoms. The Morgan fingerprint density at radius 3 is 1.86 bits per heavy atom. The molecular formula is C27H26N2. The van der Waals surface area contributed by atoms with E-state index in [1.807, 2.05) is 54.6 Å². The maximum absolute atomic E-state index is 8.82. The van der Waals surface area contributed by atoms with Crippen LogP contribution in [0.15, 0.2) is 72.9 Å². The summed E-state index contributed by atoms with van der Waals surface area (Å²) >= 11 is 0. The summed E-state index contributed by atoms with van der Waals surface area (Å²) in [6.07, 6.45) is 21.5. The molecule has 0 saturated heterocycles. The van der Waals surface area contributed by atoms with Crippen molar-refractivity contribution in [2.24, 2.45) is 0 Å². The summed E-state index contributed by atoms with van der Waals surface area (Å²) in [6, 6.07) is 14.4. The average Bonchev–Trinajstić information content (AvgIpc) is 2.76. The number of nitrogens with zero attached hydrogens (tertiary/aromatic N) is 2. The Hall–Kier alpha value is -3.31. The van der Waals surface area contributed by atoms with E-state index in [4.69, 9.17) is 5.26 Å². The Balaban J connectivity index is 1.34. The highest BCUT2D eigenvalue weighted by Gasteiger charge is 2.23. The zero-order chi connectivity index (χ0) is 19.9. The number of benzene rings is 2. The van der Waals surface area contributed by atoms with Crippen LogP contribution >= 0.6 is 0 Å². The average molecular weight is 379 g/mol. The van der Waals surface area contributed by atoms with E-state index in [2.05, 4.69) is 41.3 Å². The monoisotopic (exact) mass is 378 g/mol. The predicted molar refractivity (Wildman–Crippen MR) is 123 cm³/mol. The van der Waals surface area contributed by atoms with E-state index < -0.39 is 0 Å². The predicted octanol–water partition coefficient (Wildman–Crippen LogP) is 6.10. The molecule has 0 spiro atoms. The number of nitriles is 1. The second-order valence-corrected chi connectivity index (χ2v) is 7.60. The van der Waals surface area contributed by atoms with Crippen LogP contribution in [0.5, 0.6) is 0 Å². The van der Waals surface area contributed by atoms with E-state index in [1.54, 1.807) is 0 Å². The molecule has 2 aromatic carbocycles. The van der Waals surface area contributed by atoms with Gasteiger partial charge in [0.2, 0.25) is 0 Å². The van der Waals surface area contributed by atoms with Gasteiger partial charge >= 0.3 is 0 Å². The largest absolute Gasteiger partial charge is 0.371 e. The lowest BCUT2D eigenvalue weighted by Gasteiger charge is -2.37. The van der Waals surface area contributed by atoms with Gasteiger partial charge in [0.25, 0.3) is 0 Å². The molecule has 0 unspecified atom stereocenters. The Bertz CT molecular complexity index is 982. The summed E-state index contributed by atoms with van der Waals surface area (Å²) in [5, 5.41) is 8.82. The van der Waals surface area contributed by atoms with Crippen molar-refractivity contribution in [3.63, 3.8) is 0 Å². The van der Waals surface area contributed by atoms with Crippen LogP contribution in [0.3, 0.4) is 0 Å². The standard InChI is InChI=1S/C27H26N2/c28-21-23-15-13-22(14-16-23)9-5-3-1-2-4-6-10-24-19-25-11-7-17-29-18-8-12-26(20-24)27(25)29/h1-6,9-10,13-16,19-20H,7-8,11-12,17-18H2/b3-1+,4-2+,9-5+,10-6+. The van der Waals surface area contributed by atoms with Crippen molar-refractivity contribution in [3.05, 3.63) is 101 Å². The van der Waals surface area contributed by atoms with Crippen LogP contribution in [0.25, 0.3) is 12.2 Å². The summed E-state index contributed by atoms with van der Waals surface area (Å²) in [5.74, 6) is 0. The second-order valence-electron chi connectivity index (χ2n) is 7.60. The zero-order valence-corrected chi connectivity index (χ0v) is 16.7. The van der Waals surface area contributed by atoms with Crippen molar-refractivity contribution in [1.82, 2.24) is 0 Å². The normalized spacial score (nSPS) is 16.2. The van der Waals surface area contributed by atoms with Gasteiger partial charge < -0.3 is 4.90 Å². The van der Waals surface area contributed by atoms with Crippen LogP contribution in [0.4, 0.5) is 5.69 Å². The molecule has 144 valence electrons. The topological polar surface area (TPSA) is 27.0 Å². The van der Waals surface area contributed by atoms with Crippen molar-refractivity contribution in [2.75, 3.05) is 18.0 Å². The lowest BCUT2D eigenvalue weighted by Crippen LogP contribution is -2.34. The first-order valence-corrected chi connectivity index (χ1v) is 10.4. The number of hydrogen-bond acceptors (Lipinski definition) is 2.